The van der Waals surface area contributed by atoms with E-state index in [4.69, 9.17) is 9.26 Å². The van der Waals surface area contributed by atoms with Crippen LogP contribution in [-0.4, -0.2) is 40.6 Å². The smallest absolute Gasteiger partial charge is 0.241 e. The predicted octanol–water partition coefficient (Wildman–Crippen LogP) is 4.29. The summed E-state index contributed by atoms with van der Waals surface area (Å²) in [6.45, 7) is 6.75. The fourth-order valence-electron chi connectivity index (χ4n) is 3.88. The number of piperidine rings is 1. The summed E-state index contributed by atoms with van der Waals surface area (Å²) < 4.78 is 11.1. The van der Waals surface area contributed by atoms with Crippen LogP contribution in [0.5, 0.6) is 5.75 Å². The number of aryl methyl sites for hydroxylation is 1. The fraction of sp³-hybridized carbons (Fsp3) is 0.375. The first-order chi connectivity index (χ1) is 15.1. The Labute approximate surface area is 182 Å². The molecule has 0 saturated carbocycles. The molecule has 0 spiro atoms. The second-order valence-corrected chi connectivity index (χ2v) is 7.80. The third-order valence-corrected chi connectivity index (χ3v) is 5.62. The number of amides is 1. The molecule has 4 rings (SSSR count). The monoisotopic (exact) mass is 420 g/mol. The number of benzene rings is 2. The molecule has 1 aromatic heterocycles. The van der Waals surface area contributed by atoms with Crippen molar-refractivity contribution in [1.29, 1.82) is 0 Å². The largest absolute Gasteiger partial charge is 0.492 e. The molecule has 7 heteroatoms. The lowest BCUT2D eigenvalue weighted by molar-refractivity contribution is -0.121. The molecular formula is C24H28N4O3. The van der Waals surface area contributed by atoms with Gasteiger partial charge in [-0.2, -0.15) is 4.98 Å². The molecule has 0 atom stereocenters. The van der Waals surface area contributed by atoms with Crippen molar-refractivity contribution >= 4 is 11.6 Å². The number of anilines is 1. The zero-order chi connectivity index (χ0) is 21.6. The van der Waals surface area contributed by atoms with Crippen LogP contribution in [0, 0.1) is 12.8 Å². The van der Waals surface area contributed by atoms with Crippen LogP contribution in [0.4, 0.5) is 5.69 Å². The number of hydrogen-bond donors (Lipinski definition) is 1. The summed E-state index contributed by atoms with van der Waals surface area (Å²) >= 11 is 0. The van der Waals surface area contributed by atoms with E-state index in [9.17, 15) is 4.79 Å². The van der Waals surface area contributed by atoms with Gasteiger partial charge in [0.15, 0.2) is 0 Å². The van der Waals surface area contributed by atoms with E-state index < -0.39 is 0 Å². The van der Waals surface area contributed by atoms with Crippen LogP contribution in [0.3, 0.4) is 0 Å². The summed E-state index contributed by atoms with van der Waals surface area (Å²) in [5.41, 5.74) is 2.83. The molecular weight excluding hydrogens is 392 g/mol. The Morgan fingerprint density at radius 3 is 2.68 bits per heavy atom. The molecule has 3 aromatic rings. The van der Waals surface area contributed by atoms with Gasteiger partial charge in [0.05, 0.1) is 18.8 Å². The van der Waals surface area contributed by atoms with Crippen molar-refractivity contribution in [2.75, 3.05) is 25.0 Å². The molecule has 1 N–H and O–H groups in total. The zero-order valence-corrected chi connectivity index (χ0v) is 18.0. The van der Waals surface area contributed by atoms with E-state index in [-0.39, 0.29) is 11.8 Å². The number of ether oxygens (including phenoxy) is 1. The molecule has 2 heterocycles. The number of rotatable bonds is 7. The van der Waals surface area contributed by atoms with Crippen molar-refractivity contribution in [3.8, 4) is 17.1 Å². The molecule has 162 valence electrons. The van der Waals surface area contributed by atoms with Crippen LogP contribution in [-0.2, 0) is 11.3 Å². The average Bonchev–Trinajstić information content (AvgIpc) is 3.24. The van der Waals surface area contributed by atoms with Crippen LogP contribution in [0.1, 0.15) is 31.2 Å². The highest BCUT2D eigenvalue weighted by molar-refractivity contribution is 5.94. The minimum Gasteiger partial charge on any atom is -0.492 e. The predicted molar refractivity (Wildman–Crippen MR) is 119 cm³/mol. The van der Waals surface area contributed by atoms with E-state index in [2.05, 4.69) is 20.4 Å². The van der Waals surface area contributed by atoms with Crippen LogP contribution < -0.4 is 10.1 Å². The van der Waals surface area contributed by atoms with Gasteiger partial charge < -0.3 is 14.6 Å². The van der Waals surface area contributed by atoms with Gasteiger partial charge in [-0.05, 0) is 57.5 Å². The number of aromatic nitrogens is 2. The van der Waals surface area contributed by atoms with E-state index in [0.29, 0.717) is 30.6 Å². The van der Waals surface area contributed by atoms with Crippen molar-refractivity contribution in [3.05, 3.63) is 60.0 Å². The molecule has 0 radical (unpaired) electrons. The zero-order valence-electron chi connectivity index (χ0n) is 18.0. The Balaban J connectivity index is 1.30. The maximum absolute atomic E-state index is 12.8. The number of carbonyl (C=O) groups is 1. The molecule has 1 aliphatic rings. The first-order valence-corrected chi connectivity index (χ1v) is 10.8. The molecule has 1 fully saturated rings. The molecule has 0 aliphatic carbocycles. The molecule has 0 unspecified atom stereocenters. The van der Waals surface area contributed by atoms with E-state index in [1.807, 2.05) is 62.4 Å². The maximum atomic E-state index is 12.8. The lowest BCUT2D eigenvalue weighted by Crippen LogP contribution is -2.37. The Morgan fingerprint density at radius 1 is 1.16 bits per heavy atom. The second kappa shape index (κ2) is 9.75. The SMILES string of the molecule is CCOc1ccccc1NC(=O)C1CCN(Cc2nc(-c3ccccc3C)no2)CC1. The van der Waals surface area contributed by atoms with Gasteiger partial charge in [-0.15, -0.1) is 0 Å². The highest BCUT2D eigenvalue weighted by Crippen LogP contribution is 2.27. The second-order valence-electron chi connectivity index (χ2n) is 7.80. The number of nitrogens with one attached hydrogen (secondary N) is 1. The first kappa shape index (κ1) is 21.1. The van der Waals surface area contributed by atoms with E-state index in [0.717, 1.165) is 42.7 Å². The molecule has 1 saturated heterocycles. The fourth-order valence-corrected chi connectivity index (χ4v) is 3.88. The highest BCUT2D eigenvalue weighted by Gasteiger charge is 2.26. The number of likely N-dealkylation sites (tertiary alicyclic amines) is 1. The molecule has 0 bridgehead atoms. The van der Waals surface area contributed by atoms with E-state index in [1.54, 1.807) is 0 Å². The van der Waals surface area contributed by atoms with Gasteiger partial charge in [0.1, 0.15) is 5.75 Å². The van der Waals surface area contributed by atoms with Crippen LogP contribution in [0.2, 0.25) is 0 Å². The summed E-state index contributed by atoms with van der Waals surface area (Å²) in [5.74, 6) is 1.96. The number of hydrogen-bond acceptors (Lipinski definition) is 6. The summed E-state index contributed by atoms with van der Waals surface area (Å²) in [5, 5.41) is 7.17. The van der Waals surface area contributed by atoms with Gasteiger partial charge in [-0.3, -0.25) is 9.69 Å². The van der Waals surface area contributed by atoms with Gasteiger partial charge in [-0.1, -0.05) is 41.6 Å². The number of carbonyl (C=O) groups excluding carboxylic acids is 1. The Bertz CT molecular complexity index is 1020. The quantitative estimate of drug-likeness (QED) is 0.614. The van der Waals surface area contributed by atoms with Crippen molar-refractivity contribution in [2.45, 2.75) is 33.2 Å². The molecule has 7 nitrogen and oxygen atoms in total. The minimum absolute atomic E-state index is 0.0175. The first-order valence-electron chi connectivity index (χ1n) is 10.8. The topological polar surface area (TPSA) is 80.5 Å². The molecule has 1 aliphatic heterocycles. The summed E-state index contributed by atoms with van der Waals surface area (Å²) in [6, 6.07) is 15.6. The van der Waals surface area contributed by atoms with Crippen LogP contribution in [0.25, 0.3) is 11.4 Å². The minimum atomic E-state index is -0.0175. The average molecular weight is 421 g/mol. The van der Waals surface area contributed by atoms with Gasteiger partial charge in [0.2, 0.25) is 17.6 Å². The highest BCUT2D eigenvalue weighted by atomic mass is 16.5. The van der Waals surface area contributed by atoms with Gasteiger partial charge in [0, 0.05) is 11.5 Å². The van der Waals surface area contributed by atoms with Gasteiger partial charge in [0.25, 0.3) is 0 Å². The normalized spacial score (nSPS) is 15.0. The standard InChI is InChI=1S/C24H28N4O3/c1-3-30-21-11-7-6-10-20(21)25-24(29)18-12-14-28(15-13-18)16-22-26-23(27-31-22)19-9-5-4-8-17(19)2/h4-11,18H,3,12-16H2,1-2H3,(H,25,29). The van der Waals surface area contributed by atoms with Crippen molar-refractivity contribution in [3.63, 3.8) is 0 Å². The Hall–Kier alpha value is -3.19. The van der Waals surface area contributed by atoms with Crippen LogP contribution >= 0.6 is 0 Å². The molecule has 1 amide bonds. The lowest BCUT2D eigenvalue weighted by Gasteiger charge is -2.30. The van der Waals surface area contributed by atoms with Gasteiger partial charge in [-0.25, -0.2) is 0 Å². The van der Waals surface area contributed by atoms with E-state index in [1.165, 1.54) is 0 Å². The Kier molecular flexibility index (Phi) is 6.62. The third kappa shape index (κ3) is 5.11. The summed E-state index contributed by atoms with van der Waals surface area (Å²) in [6.07, 6.45) is 1.59. The summed E-state index contributed by atoms with van der Waals surface area (Å²) in [7, 11) is 0. The van der Waals surface area contributed by atoms with E-state index >= 15 is 0 Å². The number of nitrogens with zero attached hydrogens (tertiary/aromatic N) is 3. The third-order valence-electron chi connectivity index (χ3n) is 5.62. The van der Waals surface area contributed by atoms with Crippen molar-refractivity contribution in [2.24, 2.45) is 5.92 Å². The molecule has 2 aromatic carbocycles. The molecule has 31 heavy (non-hydrogen) atoms. The summed E-state index contributed by atoms with van der Waals surface area (Å²) in [4.78, 5) is 19.6. The number of para-hydroxylation sites is 2. The lowest BCUT2D eigenvalue weighted by atomic mass is 9.96. The Morgan fingerprint density at radius 2 is 1.90 bits per heavy atom. The van der Waals surface area contributed by atoms with Crippen LogP contribution in [0.15, 0.2) is 53.1 Å². The van der Waals surface area contributed by atoms with Gasteiger partial charge >= 0.3 is 0 Å². The van der Waals surface area contributed by atoms with Crippen molar-refractivity contribution < 1.29 is 14.1 Å². The van der Waals surface area contributed by atoms with Crippen molar-refractivity contribution in [1.82, 2.24) is 15.0 Å². The maximum Gasteiger partial charge on any atom is 0.241 e.